The van der Waals surface area contributed by atoms with Crippen molar-refractivity contribution in [3.8, 4) is 39.1 Å². The van der Waals surface area contributed by atoms with Gasteiger partial charge in [0.25, 0.3) is 0 Å². The van der Waals surface area contributed by atoms with Gasteiger partial charge in [0.15, 0.2) is 54.7 Å². The lowest BCUT2D eigenvalue weighted by molar-refractivity contribution is -0.274. The summed E-state index contributed by atoms with van der Waals surface area (Å²) in [5, 5.41) is 0.918. The van der Waals surface area contributed by atoms with Crippen LogP contribution in [0.3, 0.4) is 0 Å². The molecule has 2 aliphatic carbocycles. The molecule has 5 heterocycles. The molecule has 0 N–H and O–H groups in total. The Hall–Kier alpha value is -6.82. The third-order valence-corrected chi connectivity index (χ3v) is 26.8. The second-order valence-corrected chi connectivity index (χ2v) is 37.4. The minimum Gasteiger partial charge on any atom is -0.406 e. The highest BCUT2D eigenvalue weighted by Crippen LogP contribution is 2.43. The van der Waals surface area contributed by atoms with E-state index in [0.717, 1.165) is 208 Å². The molecule has 0 atom stereocenters. The molecular weight excluding hydrogens is 1710 g/mol. The predicted octanol–water partition coefficient (Wildman–Crippen LogP) is 30.4. The molecule has 21 heteroatoms. The van der Waals surface area contributed by atoms with E-state index in [1.807, 2.05) is 54.6 Å². The highest BCUT2D eigenvalue weighted by atomic mass is 35.5. The Labute approximate surface area is 778 Å². The predicted molar refractivity (Wildman–Crippen MR) is 502 cm³/mol. The first-order chi connectivity index (χ1) is 63.2. The number of hydrogen-bond donors (Lipinski definition) is 0. The minimum absolute atomic E-state index is 0.0478. The molecule has 15 rings (SSSR count). The van der Waals surface area contributed by atoms with E-state index < -0.39 is 35.4 Å². The van der Waals surface area contributed by atoms with Gasteiger partial charge in [-0.05, 0) is 236 Å². The maximum atomic E-state index is 13.6. The molecule has 0 unspecified atom stereocenters. The maximum Gasteiger partial charge on any atom is 0.573 e. The monoisotopic (exact) mass is 1850 g/mol. The SMILES string of the molecule is CCCC1COC(C2CCC(c3ccc(OC(F)(F)F)cc3)CC2)OC1.CCCCC1COC(C2CCC(c3ccc(F)c(F)c3)CC2)OC1.CCCCCC1COC(CCc2ccc(-c3ccc(Cl)c(F)c3)cc2)OC1.CCCCCC1COC(CCc2ccc(-c3ccc(Cl)cc3)cc2)OC1.CCCCCC1COC(CCc2ccc(-c3ccc(F)c(F)c3)cc2)OC1. The highest BCUT2D eigenvalue weighted by molar-refractivity contribution is 6.31. The molecule has 0 radical (unpaired) electrons. The van der Waals surface area contributed by atoms with Gasteiger partial charge in [0.2, 0.25) is 0 Å². The number of aryl methyl sites for hydroxylation is 3. The zero-order chi connectivity index (χ0) is 91.8. The lowest BCUT2D eigenvalue weighted by atomic mass is 9.78. The molecule has 7 fully saturated rings. The summed E-state index contributed by atoms with van der Waals surface area (Å²) in [6.07, 6.45) is 29.3. The van der Waals surface area contributed by atoms with Crippen molar-refractivity contribution in [2.75, 3.05) is 66.1 Å². The fourth-order valence-corrected chi connectivity index (χ4v) is 18.5. The van der Waals surface area contributed by atoms with Crippen LogP contribution in [-0.4, -0.2) is 104 Å². The number of ether oxygens (including phenoxy) is 11. The van der Waals surface area contributed by atoms with E-state index in [4.69, 9.17) is 70.6 Å². The van der Waals surface area contributed by atoms with Crippen LogP contribution in [0.2, 0.25) is 10.0 Å². The highest BCUT2D eigenvalue weighted by Gasteiger charge is 2.37. The first kappa shape index (κ1) is 104. The van der Waals surface area contributed by atoms with Gasteiger partial charge in [0.1, 0.15) is 11.6 Å². The number of hydrogen-bond acceptors (Lipinski definition) is 11. The third-order valence-electron chi connectivity index (χ3n) is 26.3. The topological polar surface area (TPSA) is 102 Å². The van der Waals surface area contributed by atoms with Crippen molar-refractivity contribution in [3.63, 3.8) is 0 Å². The fourth-order valence-electron chi connectivity index (χ4n) is 18.3. The second-order valence-electron chi connectivity index (χ2n) is 36.6. The van der Waals surface area contributed by atoms with E-state index in [9.17, 15) is 35.1 Å². The van der Waals surface area contributed by atoms with Gasteiger partial charge in [0, 0.05) is 65.7 Å². The zero-order valence-corrected chi connectivity index (χ0v) is 78.6. The van der Waals surface area contributed by atoms with Crippen LogP contribution in [0, 0.1) is 70.5 Å². The summed E-state index contributed by atoms with van der Waals surface area (Å²) in [4.78, 5) is 0. The Bertz CT molecular complexity index is 4310. The summed E-state index contributed by atoms with van der Waals surface area (Å²) in [6, 6.07) is 52.3. The largest absolute Gasteiger partial charge is 0.573 e. The van der Waals surface area contributed by atoms with Crippen molar-refractivity contribution < 1.29 is 87.2 Å². The molecule has 0 amide bonds. The summed E-state index contributed by atoms with van der Waals surface area (Å²) < 4.78 is 166. The van der Waals surface area contributed by atoms with Crippen molar-refractivity contribution >= 4 is 23.2 Å². The summed E-state index contributed by atoms with van der Waals surface area (Å²) in [5.41, 5.74) is 11.5. The van der Waals surface area contributed by atoms with E-state index in [1.54, 1.807) is 30.3 Å². The molecular formula is C109H140Cl2F8O11. The van der Waals surface area contributed by atoms with E-state index >= 15 is 0 Å². The zero-order valence-electron chi connectivity index (χ0n) is 77.1. The van der Waals surface area contributed by atoms with Gasteiger partial charge >= 0.3 is 6.36 Å². The van der Waals surface area contributed by atoms with Gasteiger partial charge < -0.3 is 52.1 Å². The Morgan fingerprint density at radius 1 is 0.292 bits per heavy atom. The molecule has 712 valence electrons. The van der Waals surface area contributed by atoms with Crippen molar-refractivity contribution in [3.05, 3.63) is 243 Å². The number of rotatable bonds is 34. The minimum atomic E-state index is -4.64. The van der Waals surface area contributed by atoms with Crippen LogP contribution in [-0.2, 0) is 66.6 Å². The third kappa shape index (κ3) is 35.5. The number of halogens is 10. The molecule has 5 saturated heterocycles. The van der Waals surface area contributed by atoms with Gasteiger partial charge in [0.05, 0.1) is 71.1 Å². The van der Waals surface area contributed by atoms with Gasteiger partial charge in [-0.25, -0.2) is 22.0 Å². The Morgan fingerprint density at radius 2 is 0.608 bits per heavy atom. The van der Waals surface area contributed by atoms with E-state index in [2.05, 4.69) is 87.9 Å². The molecule has 0 bridgehead atoms. The summed E-state index contributed by atoms with van der Waals surface area (Å²) in [6.45, 7) is 19.2. The molecule has 2 saturated carbocycles. The van der Waals surface area contributed by atoms with E-state index in [-0.39, 0.29) is 42.2 Å². The Kier molecular flexibility index (Phi) is 44.6. The van der Waals surface area contributed by atoms with Gasteiger partial charge in [-0.3, -0.25) is 0 Å². The van der Waals surface area contributed by atoms with Gasteiger partial charge in [-0.15, -0.1) is 13.2 Å². The number of unbranched alkanes of at least 4 members (excludes halogenated alkanes) is 7. The first-order valence-electron chi connectivity index (χ1n) is 48.6. The van der Waals surface area contributed by atoms with Crippen molar-refractivity contribution in [1.82, 2.24) is 0 Å². The standard InChI is InChI=1S/C23H28ClFO2.C23H29ClO2.C23H28F2O2.C20H27F3O3.C20H28F2O2/c1-2-3-4-5-18-15-26-23(27-16-18)13-8-17-6-9-19(10-7-17)20-11-12-21(24)22(25)14-20;1-2-3-4-5-19-16-25-23(26-17-19)15-8-18-6-9-20(10-7-18)21-11-13-22(24)14-12-21;1-2-3-4-5-18-15-26-23(27-16-18)13-8-17-6-9-19(10-7-17)20-11-12-21(24)22(25)14-20;1-2-3-14-12-24-19(25-13-14)17-6-4-15(5-7-17)16-8-10-18(11-9-16)26-20(21,22)23;1-2-3-4-14-12-23-20(24-13-14)16-7-5-15(6-8-16)17-9-10-18(21)19(22)11-17/h6-7,9-12,14,18,23H,2-5,8,13,15-16H2,1H3;6-7,9-14,19,23H,2-5,8,15-17H2,1H3;6-7,9-12,14,18,23H,2-5,8,13,15-16H2,1H3;8-11,14-15,17,19H,2-7,12-13H2,1H3;9-11,14-16,20H,2-8,12-13H2,1H3. The Balaban J connectivity index is 0.000000157. The molecule has 5 aliphatic heterocycles. The van der Waals surface area contributed by atoms with Crippen LogP contribution in [0.1, 0.15) is 254 Å². The van der Waals surface area contributed by atoms with E-state index in [1.165, 1.54) is 161 Å². The van der Waals surface area contributed by atoms with Crippen LogP contribution in [0.25, 0.3) is 33.4 Å². The van der Waals surface area contributed by atoms with Crippen LogP contribution in [0.15, 0.2) is 176 Å². The molecule has 0 aromatic heterocycles. The lowest BCUT2D eigenvalue weighted by Gasteiger charge is -2.37. The van der Waals surface area contributed by atoms with Crippen LogP contribution in [0.4, 0.5) is 35.1 Å². The van der Waals surface area contributed by atoms with Crippen molar-refractivity contribution in [2.24, 2.45) is 41.4 Å². The molecule has 11 nitrogen and oxygen atoms in total. The normalized spacial score (nSPS) is 24.1. The van der Waals surface area contributed by atoms with Gasteiger partial charge in [-0.1, -0.05) is 250 Å². The molecule has 7 aliphatic rings. The quantitative estimate of drug-likeness (QED) is 0.0285. The number of benzene rings is 8. The average molecular weight is 1850 g/mol. The van der Waals surface area contributed by atoms with Crippen molar-refractivity contribution in [2.45, 2.75) is 283 Å². The molecule has 0 spiro atoms. The summed E-state index contributed by atoms with van der Waals surface area (Å²) in [5.74, 6) is 0.544. The Morgan fingerprint density at radius 3 is 0.969 bits per heavy atom. The van der Waals surface area contributed by atoms with Crippen LogP contribution >= 0.6 is 23.2 Å². The van der Waals surface area contributed by atoms with Crippen LogP contribution < -0.4 is 4.74 Å². The molecule has 130 heavy (non-hydrogen) atoms. The maximum absolute atomic E-state index is 13.6. The average Bonchev–Trinajstić information content (AvgIpc) is 0.915. The van der Waals surface area contributed by atoms with Crippen molar-refractivity contribution in [1.29, 1.82) is 0 Å². The first-order valence-corrected chi connectivity index (χ1v) is 49.3. The molecule has 8 aromatic rings. The van der Waals surface area contributed by atoms with E-state index in [0.29, 0.717) is 58.8 Å². The number of alkyl halides is 3. The van der Waals surface area contributed by atoms with Gasteiger partial charge in [-0.2, -0.15) is 0 Å². The fraction of sp³-hybridized carbons (Fsp3) is 0.560. The molecule has 8 aromatic carbocycles. The lowest BCUT2D eigenvalue weighted by Crippen LogP contribution is -2.38. The second kappa shape index (κ2) is 55.9. The summed E-state index contributed by atoms with van der Waals surface area (Å²) >= 11 is 11.7. The smallest absolute Gasteiger partial charge is 0.406 e. The summed E-state index contributed by atoms with van der Waals surface area (Å²) in [7, 11) is 0. The van der Waals surface area contributed by atoms with Crippen LogP contribution in [0.5, 0.6) is 5.75 Å².